The van der Waals surface area contributed by atoms with E-state index in [1.165, 1.54) is 11.1 Å². The molecule has 2 aliphatic rings. The van der Waals surface area contributed by atoms with Gasteiger partial charge in [-0.15, -0.1) is 5.10 Å². The first kappa shape index (κ1) is 28.0. The standard InChI is InChI=1S/C33H37N5O4/c1-6-24-18-38(17-23-16-34-14-13-29(23)42-24)27-11-9-21-7-8-22(15-26(21)27)30(33(3,4)32(40)41-19-39)25-10-12-28-31(20(25)2)35-36-37(28)5/h7-8,10,12-16,19,24,27,30H,6,9,11,17-18H2,1-5H3/t24-,27?,30?/m1/s1. The average molecular weight is 568 g/mol. The van der Waals surface area contributed by atoms with Gasteiger partial charge in [0.25, 0.3) is 0 Å². The van der Waals surface area contributed by atoms with Crippen molar-refractivity contribution < 1.29 is 19.1 Å². The number of aromatic nitrogens is 4. The minimum Gasteiger partial charge on any atom is -0.489 e. The molecule has 0 bridgehead atoms. The first-order chi connectivity index (χ1) is 20.2. The number of ether oxygens (including phenoxy) is 2. The molecule has 218 valence electrons. The third kappa shape index (κ3) is 4.75. The number of esters is 1. The normalized spacial score (nSPS) is 19.5. The summed E-state index contributed by atoms with van der Waals surface area (Å²) in [4.78, 5) is 31.4. The molecule has 3 heterocycles. The molecule has 2 aromatic carbocycles. The van der Waals surface area contributed by atoms with Crippen LogP contribution in [-0.4, -0.2) is 50.0 Å². The van der Waals surface area contributed by atoms with Gasteiger partial charge in [0, 0.05) is 50.1 Å². The van der Waals surface area contributed by atoms with E-state index in [1.54, 1.807) is 10.9 Å². The summed E-state index contributed by atoms with van der Waals surface area (Å²) in [6.07, 6.45) is 6.70. The molecule has 0 saturated carbocycles. The van der Waals surface area contributed by atoms with Crippen LogP contribution in [-0.2, 0) is 34.3 Å². The van der Waals surface area contributed by atoms with E-state index in [9.17, 15) is 9.59 Å². The molecule has 3 atom stereocenters. The molecular formula is C33H37N5O4. The number of nitrogens with zero attached hydrogens (tertiary/aromatic N) is 5. The summed E-state index contributed by atoms with van der Waals surface area (Å²) in [6, 6.07) is 12.8. The quantitative estimate of drug-likeness (QED) is 0.171. The summed E-state index contributed by atoms with van der Waals surface area (Å²) < 4.78 is 13.1. The molecule has 1 aliphatic carbocycles. The fraction of sp³-hybridized carbons (Fsp3) is 0.424. The molecule has 4 aromatic rings. The summed E-state index contributed by atoms with van der Waals surface area (Å²) in [7, 11) is 1.86. The molecule has 0 fully saturated rings. The minimum absolute atomic E-state index is 0.0898. The van der Waals surface area contributed by atoms with E-state index >= 15 is 0 Å². The molecular weight excluding hydrogens is 530 g/mol. The minimum atomic E-state index is -1.04. The molecule has 0 spiro atoms. The van der Waals surface area contributed by atoms with Crippen molar-refractivity contribution in [3.05, 3.63) is 82.2 Å². The largest absolute Gasteiger partial charge is 0.489 e. The van der Waals surface area contributed by atoms with Crippen LogP contribution in [0.4, 0.5) is 0 Å². The van der Waals surface area contributed by atoms with Gasteiger partial charge < -0.3 is 9.47 Å². The van der Waals surface area contributed by atoms with E-state index in [1.807, 2.05) is 52.2 Å². The maximum Gasteiger partial charge on any atom is 0.319 e. The Morgan fingerprint density at radius 3 is 2.83 bits per heavy atom. The lowest BCUT2D eigenvalue weighted by atomic mass is 9.69. The SMILES string of the molecule is CC[C@@H]1CN(C2CCc3ccc(C(c4ccc5c(nnn5C)c4C)C(C)(C)C(=O)OC=O)cc32)Cc2cnccc2O1. The number of hydrogen-bond donors (Lipinski definition) is 0. The summed E-state index contributed by atoms with van der Waals surface area (Å²) in [5.41, 5.74) is 7.27. The third-order valence-corrected chi connectivity index (χ3v) is 9.20. The Kier molecular flexibility index (Phi) is 7.30. The Hall–Kier alpha value is -4.11. The molecule has 42 heavy (non-hydrogen) atoms. The zero-order chi connectivity index (χ0) is 29.6. The summed E-state index contributed by atoms with van der Waals surface area (Å²) in [6.45, 7) is 9.67. The number of carbonyl (C=O) groups is 2. The first-order valence-corrected chi connectivity index (χ1v) is 14.6. The summed E-state index contributed by atoms with van der Waals surface area (Å²) in [5, 5.41) is 8.62. The predicted molar refractivity (Wildman–Crippen MR) is 158 cm³/mol. The van der Waals surface area contributed by atoms with E-state index in [-0.39, 0.29) is 24.5 Å². The molecule has 2 unspecified atom stereocenters. The smallest absolute Gasteiger partial charge is 0.319 e. The van der Waals surface area contributed by atoms with Crippen LogP contribution >= 0.6 is 0 Å². The van der Waals surface area contributed by atoms with Gasteiger partial charge in [0.2, 0.25) is 0 Å². The first-order valence-electron chi connectivity index (χ1n) is 14.6. The number of rotatable bonds is 7. The maximum atomic E-state index is 13.3. The molecule has 6 rings (SSSR count). The zero-order valence-electron chi connectivity index (χ0n) is 24.8. The predicted octanol–water partition coefficient (Wildman–Crippen LogP) is 5.19. The molecule has 0 radical (unpaired) electrons. The van der Waals surface area contributed by atoms with Crippen molar-refractivity contribution >= 4 is 23.5 Å². The van der Waals surface area contributed by atoms with Crippen molar-refractivity contribution in [3.8, 4) is 5.75 Å². The van der Waals surface area contributed by atoms with E-state index in [0.717, 1.165) is 71.4 Å². The van der Waals surface area contributed by atoms with Gasteiger partial charge in [0.05, 0.1) is 10.9 Å². The van der Waals surface area contributed by atoms with E-state index < -0.39 is 11.4 Å². The monoisotopic (exact) mass is 567 g/mol. The van der Waals surface area contributed by atoms with Gasteiger partial charge in [-0.3, -0.25) is 19.5 Å². The fourth-order valence-electron chi connectivity index (χ4n) is 6.88. The lowest BCUT2D eigenvalue weighted by Crippen LogP contribution is -2.35. The van der Waals surface area contributed by atoms with Gasteiger partial charge >= 0.3 is 12.4 Å². The van der Waals surface area contributed by atoms with Crippen LogP contribution < -0.4 is 4.74 Å². The summed E-state index contributed by atoms with van der Waals surface area (Å²) >= 11 is 0. The second-order valence-electron chi connectivity index (χ2n) is 12.1. The van der Waals surface area contributed by atoms with E-state index in [0.29, 0.717) is 0 Å². The van der Waals surface area contributed by atoms with Crippen LogP contribution in [0.3, 0.4) is 0 Å². The van der Waals surface area contributed by atoms with Gasteiger partial charge in [0.15, 0.2) is 0 Å². The molecule has 9 heteroatoms. The van der Waals surface area contributed by atoms with E-state index in [2.05, 4.69) is 45.3 Å². The molecule has 9 nitrogen and oxygen atoms in total. The Labute approximate surface area is 245 Å². The van der Waals surface area contributed by atoms with Crippen molar-refractivity contribution in [2.24, 2.45) is 12.5 Å². The Balaban J connectivity index is 1.45. The van der Waals surface area contributed by atoms with Crippen LogP contribution in [0.2, 0.25) is 0 Å². The van der Waals surface area contributed by atoms with Gasteiger partial charge in [-0.05, 0) is 80.0 Å². The maximum absolute atomic E-state index is 13.3. The molecule has 0 saturated heterocycles. The van der Waals surface area contributed by atoms with Gasteiger partial charge in [-0.2, -0.15) is 0 Å². The number of hydrogen-bond acceptors (Lipinski definition) is 8. The van der Waals surface area contributed by atoms with Crippen LogP contribution in [0.5, 0.6) is 5.75 Å². The van der Waals surface area contributed by atoms with Crippen LogP contribution in [0.15, 0.2) is 48.8 Å². The molecule has 1 aliphatic heterocycles. The van der Waals surface area contributed by atoms with Crippen LogP contribution in [0.1, 0.15) is 79.0 Å². The topological polar surface area (TPSA) is 99.4 Å². The van der Waals surface area contributed by atoms with Crippen molar-refractivity contribution in [2.75, 3.05) is 6.54 Å². The number of aryl methyl sites for hydroxylation is 3. The summed E-state index contributed by atoms with van der Waals surface area (Å²) in [5.74, 6) is -0.0434. The Morgan fingerprint density at radius 1 is 1.21 bits per heavy atom. The number of benzene rings is 2. The van der Waals surface area contributed by atoms with Gasteiger partial charge in [0.1, 0.15) is 17.4 Å². The Bertz CT molecular complexity index is 1660. The second kappa shape index (κ2) is 10.9. The number of pyridine rings is 1. The van der Waals surface area contributed by atoms with Crippen molar-refractivity contribution in [3.63, 3.8) is 0 Å². The zero-order valence-corrected chi connectivity index (χ0v) is 24.8. The van der Waals surface area contributed by atoms with Gasteiger partial charge in [-0.1, -0.05) is 36.4 Å². The van der Waals surface area contributed by atoms with Crippen molar-refractivity contribution in [1.29, 1.82) is 0 Å². The van der Waals surface area contributed by atoms with Gasteiger partial charge in [-0.25, -0.2) is 4.68 Å². The lowest BCUT2D eigenvalue weighted by molar-refractivity contribution is -0.159. The highest BCUT2D eigenvalue weighted by Crippen LogP contribution is 2.47. The highest BCUT2D eigenvalue weighted by molar-refractivity contribution is 5.85. The Morgan fingerprint density at radius 2 is 2.05 bits per heavy atom. The molecule has 2 aromatic heterocycles. The number of fused-ring (bicyclic) bond motifs is 3. The van der Waals surface area contributed by atoms with Crippen molar-refractivity contribution in [2.45, 2.75) is 71.6 Å². The molecule has 0 amide bonds. The third-order valence-electron chi connectivity index (χ3n) is 9.20. The molecule has 0 N–H and O–H groups in total. The van der Waals surface area contributed by atoms with Crippen LogP contribution in [0.25, 0.3) is 11.0 Å². The van der Waals surface area contributed by atoms with Crippen LogP contribution in [0, 0.1) is 12.3 Å². The number of carbonyl (C=O) groups excluding carboxylic acids is 2. The van der Waals surface area contributed by atoms with E-state index in [4.69, 9.17) is 9.47 Å². The highest BCUT2D eigenvalue weighted by Gasteiger charge is 2.42. The second-order valence-corrected chi connectivity index (χ2v) is 12.1. The van der Waals surface area contributed by atoms with Crippen molar-refractivity contribution in [1.82, 2.24) is 24.9 Å². The lowest BCUT2D eigenvalue weighted by Gasteiger charge is -2.34. The highest BCUT2D eigenvalue weighted by atomic mass is 16.6. The average Bonchev–Trinajstić information content (AvgIpc) is 3.52. The fourth-order valence-corrected chi connectivity index (χ4v) is 6.88.